The van der Waals surface area contributed by atoms with Gasteiger partial charge in [-0.15, -0.1) is 0 Å². The number of nitro benzene ring substituents is 1. The minimum absolute atomic E-state index is 0.00763. The zero-order valence-electron chi connectivity index (χ0n) is 14.5. The van der Waals surface area contributed by atoms with Gasteiger partial charge in [-0.05, 0) is 31.2 Å². The van der Waals surface area contributed by atoms with Crippen LogP contribution >= 0.6 is 0 Å². The second-order valence-corrected chi connectivity index (χ2v) is 5.90. The van der Waals surface area contributed by atoms with E-state index in [0.29, 0.717) is 11.6 Å². The van der Waals surface area contributed by atoms with Crippen LogP contribution in [0.2, 0.25) is 0 Å². The Labute approximate surface area is 154 Å². The van der Waals surface area contributed by atoms with Gasteiger partial charge in [-0.2, -0.15) is 0 Å². The molecule has 0 unspecified atom stereocenters. The summed E-state index contributed by atoms with van der Waals surface area (Å²) in [5.41, 5.74) is 3.18. The van der Waals surface area contributed by atoms with E-state index in [9.17, 15) is 10.1 Å². The molecule has 4 rings (SSSR count). The van der Waals surface area contributed by atoms with Crippen LogP contribution in [0, 0.1) is 10.1 Å². The Hall–Kier alpha value is -3.81. The average Bonchev–Trinajstić information content (AvgIpc) is 3.07. The second-order valence-electron chi connectivity index (χ2n) is 5.90. The molecule has 8 heteroatoms. The second kappa shape index (κ2) is 6.83. The molecule has 0 saturated heterocycles. The van der Waals surface area contributed by atoms with E-state index in [0.717, 1.165) is 28.8 Å². The van der Waals surface area contributed by atoms with Crippen molar-refractivity contribution in [1.29, 1.82) is 0 Å². The number of hydrogen-bond donors (Lipinski definition) is 1. The van der Waals surface area contributed by atoms with Gasteiger partial charge in [0.15, 0.2) is 0 Å². The van der Waals surface area contributed by atoms with Crippen LogP contribution in [0.25, 0.3) is 22.3 Å². The van der Waals surface area contributed by atoms with E-state index in [1.54, 1.807) is 24.5 Å². The average molecular weight is 360 g/mol. The molecule has 1 aromatic carbocycles. The largest absolute Gasteiger partial charge is 0.332 e. The van der Waals surface area contributed by atoms with E-state index in [1.165, 1.54) is 12.1 Å². The van der Waals surface area contributed by atoms with Gasteiger partial charge in [-0.1, -0.05) is 6.07 Å². The Morgan fingerprint density at radius 3 is 2.85 bits per heavy atom. The Balaban J connectivity index is 1.72. The summed E-state index contributed by atoms with van der Waals surface area (Å²) >= 11 is 0. The van der Waals surface area contributed by atoms with Gasteiger partial charge >= 0.3 is 0 Å². The van der Waals surface area contributed by atoms with Crippen molar-refractivity contribution in [1.82, 2.24) is 19.5 Å². The van der Waals surface area contributed by atoms with Crippen molar-refractivity contribution in [2.75, 3.05) is 5.32 Å². The fraction of sp³-hybridized carbons (Fsp3) is 0.105. The van der Waals surface area contributed by atoms with E-state index in [-0.39, 0.29) is 5.69 Å². The molecule has 3 heterocycles. The number of anilines is 2. The molecular formula is C19H16N6O2. The molecule has 4 aromatic rings. The molecule has 0 bridgehead atoms. The zero-order valence-corrected chi connectivity index (χ0v) is 14.5. The molecule has 0 atom stereocenters. The smallest absolute Gasteiger partial charge is 0.271 e. The number of non-ortho nitro benzene ring substituents is 1. The summed E-state index contributed by atoms with van der Waals surface area (Å²) in [5, 5.41) is 15.0. The van der Waals surface area contributed by atoms with Crippen molar-refractivity contribution in [3.05, 3.63) is 71.2 Å². The summed E-state index contributed by atoms with van der Waals surface area (Å²) in [5.74, 6) is 0.370. The highest BCUT2D eigenvalue weighted by molar-refractivity contribution is 5.93. The van der Waals surface area contributed by atoms with Gasteiger partial charge in [0.1, 0.15) is 5.65 Å². The van der Waals surface area contributed by atoms with Crippen molar-refractivity contribution in [2.45, 2.75) is 13.5 Å². The first-order chi connectivity index (χ1) is 13.2. The number of fused-ring (bicyclic) bond motifs is 1. The molecule has 8 nitrogen and oxygen atoms in total. The predicted molar refractivity (Wildman–Crippen MR) is 103 cm³/mol. The molecule has 1 N–H and O–H groups in total. The van der Waals surface area contributed by atoms with E-state index < -0.39 is 4.92 Å². The maximum absolute atomic E-state index is 10.9. The number of nitrogens with zero attached hydrogens (tertiary/aromatic N) is 5. The van der Waals surface area contributed by atoms with Gasteiger partial charge in [-0.3, -0.25) is 10.1 Å². The van der Waals surface area contributed by atoms with Crippen molar-refractivity contribution in [3.8, 4) is 11.3 Å². The number of nitro groups is 1. The Morgan fingerprint density at radius 2 is 2.04 bits per heavy atom. The standard InChI is InChI=1S/C19H16N6O2/c1-2-24-12-16(15-7-4-9-20-18(15)24)17-8-10-21-19(23-17)22-13-5-3-6-14(11-13)25(26)27/h3-12H,2H2,1H3,(H,21,22,23). The lowest BCUT2D eigenvalue weighted by atomic mass is 10.1. The molecule has 0 aliphatic heterocycles. The van der Waals surface area contributed by atoms with Gasteiger partial charge in [0.2, 0.25) is 5.95 Å². The number of aryl methyl sites for hydroxylation is 1. The molecular weight excluding hydrogens is 344 g/mol. The fourth-order valence-corrected chi connectivity index (χ4v) is 2.96. The minimum Gasteiger partial charge on any atom is -0.332 e. The van der Waals surface area contributed by atoms with Crippen LogP contribution in [0.1, 0.15) is 6.92 Å². The van der Waals surface area contributed by atoms with E-state index >= 15 is 0 Å². The maximum Gasteiger partial charge on any atom is 0.271 e. The predicted octanol–water partition coefficient (Wildman–Crippen LogP) is 4.17. The van der Waals surface area contributed by atoms with E-state index in [4.69, 9.17) is 0 Å². The van der Waals surface area contributed by atoms with Gasteiger partial charge in [0, 0.05) is 53.9 Å². The SMILES string of the molecule is CCn1cc(-c2ccnc(Nc3cccc([N+](=O)[O-])c3)n2)c2cccnc21. The number of rotatable bonds is 5. The highest BCUT2D eigenvalue weighted by Gasteiger charge is 2.13. The van der Waals surface area contributed by atoms with Crippen LogP contribution in [0.3, 0.4) is 0 Å². The maximum atomic E-state index is 10.9. The summed E-state index contributed by atoms with van der Waals surface area (Å²) in [6.45, 7) is 2.87. The minimum atomic E-state index is -0.435. The third-order valence-electron chi connectivity index (χ3n) is 4.22. The van der Waals surface area contributed by atoms with Crippen molar-refractivity contribution in [3.63, 3.8) is 0 Å². The highest BCUT2D eigenvalue weighted by Crippen LogP contribution is 2.29. The summed E-state index contributed by atoms with van der Waals surface area (Å²) in [6.07, 6.45) is 5.46. The molecule has 0 saturated carbocycles. The number of pyridine rings is 1. The number of aromatic nitrogens is 4. The normalized spacial score (nSPS) is 10.9. The first-order valence-electron chi connectivity index (χ1n) is 8.44. The van der Waals surface area contributed by atoms with Crippen LogP contribution in [-0.2, 0) is 6.54 Å². The number of hydrogen-bond acceptors (Lipinski definition) is 6. The molecule has 134 valence electrons. The van der Waals surface area contributed by atoms with E-state index in [1.807, 2.05) is 24.4 Å². The number of nitrogens with one attached hydrogen (secondary N) is 1. The molecule has 0 aliphatic rings. The highest BCUT2D eigenvalue weighted by atomic mass is 16.6. The Bertz CT molecular complexity index is 1140. The van der Waals surface area contributed by atoms with Crippen molar-refractivity contribution < 1.29 is 4.92 Å². The van der Waals surface area contributed by atoms with E-state index in [2.05, 4.69) is 31.8 Å². The molecule has 0 aliphatic carbocycles. The van der Waals surface area contributed by atoms with Crippen molar-refractivity contribution in [2.24, 2.45) is 0 Å². The quantitative estimate of drug-likeness (QED) is 0.424. The third-order valence-corrected chi connectivity index (χ3v) is 4.22. The Kier molecular flexibility index (Phi) is 4.21. The zero-order chi connectivity index (χ0) is 18.8. The third kappa shape index (κ3) is 3.20. The van der Waals surface area contributed by atoms with Crippen LogP contribution in [0.15, 0.2) is 61.1 Å². The molecule has 0 radical (unpaired) electrons. The van der Waals surface area contributed by atoms with Gasteiger partial charge < -0.3 is 9.88 Å². The topological polar surface area (TPSA) is 98.8 Å². The van der Waals surface area contributed by atoms with Crippen LogP contribution in [-0.4, -0.2) is 24.4 Å². The lowest BCUT2D eigenvalue weighted by Gasteiger charge is -2.06. The van der Waals surface area contributed by atoms with Gasteiger partial charge in [0.25, 0.3) is 5.69 Å². The number of benzene rings is 1. The van der Waals surface area contributed by atoms with Crippen LogP contribution in [0.4, 0.5) is 17.3 Å². The first-order valence-corrected chi connectivity index (χ1v) is 8.44. The van der Waals surface area contributed by atoms with Crippen LogP contribution in [0.5, 0.6) is 0 Å². The van der Waals surface area contributed by atoms with Crippen LogP contribution < -0.4 is 5.32 Å². The Morgan fingerprint density at radius 1 is 1.15 bits per heavy atom. The van der Waals surface area contributed by atoms with Gasteiger partial charge in [-0.25, -0.2) is 15.0 Å². The molecule has 0 spiro atoms. The first kappa shape index (κ1) is 16.6. The fourth-order valence-electron chi connectivity index (χ4n) is 2.96. The lowest BCUT2D eigenvalue weighted by molar-refractivity contribution is -0.384. The molecule has 3 aromatic heterocycles. The summed E-state index contributed by atoms with van der Waals surface area (Å²) < 4.78 is 2.07. The van der Waals surface area contributed by atoms with Crippen molar-refractivity contribution >= 4 is 28.4 Å². The summed E-state index contributed by atoms with van der Waals surface area (Å²) in [6, 6.07) is 12.0. The monoisotopic (exact) mass is 360 g/mol. The molecule has 0 amide bonds. The molecule has 27 heavy (non-hydrogen) atoms. The van der Waals surface area contributed by atoms with Gasteiger partial charge in [0.05, 0.1) is 10.6 Å². The lowest BCUT2D eigenvalue weighted by Crippen LogP contribution is -1.98. The summed E-state index contributed by atoms with van der Waals surface area (Å²) in [4.78, 5) is 23.8. The molecule has 0 fully saturated rings. The summed E-state index contributed by atoms with van der Waals surface area (Å²) in [7, 11) is 0.